The standard InChI is InChI=1S/C16H21N3O.2ClH/c1-11(2)10-19-8-5-12-9-13(3-4-14(12)19)18-15(20)16(17)6-7-16;;/h3-5,8-9,11H,6-7,10,17H2,1-2H3,(H,18,20);2*1H. The summed E-state index contributed by atoms with van der Waals surface area (Å²) in [6, 6.07) is 8.10. The lowest BCUT2D eigenvalue weighted by atomic mass is 10.2. The normalized spacial score (nSPS) is 15.1. The van der Waals surface area contributed by atoms with Crippen LogP contribution in [0.25, 0.3) is 10.9 Å². The van der Waals surface area contributed by atoms with Gasteiger partial charge in [-0.15, -0.1) is 24.8 Å². The Balaban J connectivity index is 0.00000121. The molecule has 3 N–H and O–H groups in total. The molecule has 22 heavy (non-hydrogen) atoms. The summed E-state index contributed by atoms with van der Waals surface area (Å²) < 4.78 is 2.25. The molecule has 1 fully saturated rings. The first-order valence-electron chi connectivity index (χ1n) is 7.17. The Bertz CT molecular complexity index is 662. The lowest BCUT2D eigenvalue weighted by molar-refractivity contribution is -0.118. The molecule has 1 aliphatic carbocycles. The number of amides is 1. The number of halogens is 2. The number of fused-ring (bicyclic) bond motifs is 1. The van der Waals surface area contributed by atoms with Gasteiger partial charge < -0.3 is 15.6 Å². The van der Waals surface area contributed by atoms with Gasteiger partial charge in [-0.3, -0.25) is 4.79 Å². The zero-order valence-corrected chi connectivity index (χ0v) is 14.5. The maximum absolute atomic E-state index is 11.9. The van der Waals surface area contributed by atoms with Gasteiger partial charge in [0.15, 0.2) is 0 Å². The SMILES string of the molecule is CC(C)Cn1ccc2cc(NC(=O)C3(N)CC3)ccc21.Cl.Cl. The van der Waals surface area contributed by atoms with E-state index in [0.29, 0.717) is 5.92 Å². The number of aromatic nitrogens is 1. The van der Waals surface area contributed by atoms with Crippen molar-refractivity contribution in [1.82, 2.24) is 4.57 Å². The summed E-state index contributed by atoms with van der Waals surface area (Å²) in [5, 5.41) is 4.06. The zero-order chi connectivity index (χ0) is 14.3. The third-order valence-electron chi connectivity index (χ3n) is 3.83. The summed E-state index contributed by atoms with van der Waals surface area (Å²) in [7, 11) is 0. The summed E-state index contributed by atoms with van der Waals surface area (Å²) in [4.78, 5) is 11.9. The van der Waals surface area contributed by atoms with E-state index in [-0.39, 0.29) is 30.7 Å². The Kier molecular flexibility index (Phi) is 5.90. The number of nitrogens with one attached hydrogen (secondary N) is 1. The number of nitrogens with zero attached hydrogens (tertiary/aromatic N) is 1. The highest BCUT2D eigenvalue weighted by molar-refractivity contribution is 6.01. The van der Waals surface area contributed by atoms with Gasteiger partial charge in [0.05, 0.1) is 5.54 Å². The van der Waals surface area contributed by atoms with Gasteiger partial charge in [0.2, 0.25) is 5.91 Å². The first kappa shape index (κ1) is 18.8. The molecular weight excluding hydrogens is 321 g/mol. The van der Waals surface area contributed by atoms with Gasteiger partial charge >= 0.3 is 0 Å². The number of carbonyl (C=O) groups is 1. The average Bonchev–Trinajstić information content (AvgIpc) is 3.03. The van der Waals surface area contributed by atoms with Crippen LogP contribution in [0, 0.1) is 5.92 Å². The Morgan fingerprint density at radius 1 is 1.32 bits per heavy atom. The third kappa shape index (κ3) is 3.75. The first-order valence-corrected chi connectivity index (χ1v) is 7.17. The quantitative estimate of drug-likeness (QED) is 0.891. The Hall–Kier alpha value is -1.23. The maximum Gasteiger partial charge on any atom is 0.244 e. The van der Waals surface area contributed by atoms with Crippen LogP contribution >= 0.6 is 24.8 Å². The van der Waals surface area contributed by atoms with Crippen molar-refractivity contribution in [3.05, 3.63) is 30.5 Å². The van der Waals surface area contributed by atoms with E-state index >= 15 is 0 Å². The number of hydrogen-bond acceptors (Lipinski definition) is 2. The molecule has 3 rings (SSSR count). The Labute approximate surface area is 143 Å². The van der Waals surface area contributed by atoms with E-state index in [2.05, 4.69) is 42.1 Å². The fraction of sp³-hybridized carbons (Fsp3) is 0.438. The van der Waals surface area contributed by atoms with Gasteiger partial charge in [-0.1, -0.05) is 13.8 Å². The van der Waals surface area contributed by atoms with Gasteiger partial charge in [-0.2, -0.15) is 0 Å². The van der Waals surface area contributed by atoms with Crippen LogP contribution in [0.3, 0.4) is 0 Å². The van der Waals surface area contributed by atoms with Crippen LogP contribution < -0.4 is 11.1 Å². The van der Waals surface area contributed by atoms with E-state index < -0.39 is 5.54 Å². The van der Waals surface area contributed by atoms with Crippen LogP contribution in [0.1, 0.15) is 26.7 Å². The molecule has 0 bridgehead atoms. The number of benzene rings is 1. The minimum absolute atomic E-state index is 0. The van der Waals surface area contributed by atoms with Crippen molar-refractivity contribution in [2.75, 3.05) is 5.32 Å². The van der Waals surface area contributed by atoms with E-state index in [1.54, 1.807) is 0 Å². The van der Waals surface area contributed by atoms with Crippen molar-refractivity contribution in [2.24, 2.45) is 11.7 Å². The van der Waals surface area contributed by atoms with E-state index in [1.165, 1.54) is 5.52 Å². The molecule has 0 unspecified atom stereocenters. The second-order valence-corrected chi connectivity index (χ2v) is 6.25. The van der Waals surface area contributed by atoms with E-state index in [1.807, 2.05) is 12.1 Å². The van der Waals surface area contributed by atoms with Gasteiger partial charge in [-0.25, -0.2) is 0 Å². The summed E-state index contributed by atoms with van der Waals surface area (Å²) in [5.41, 5.74) is 7.29. The number of hydrogen-bond donors (Lipinski definition) is 2. The fourth-order valence-corrected chi connectivity index (χ4v) is 2.45. The summed E-state index contributed by atoms with van der Waals surface area (Å²) in [6.45, 7) is 5.41. The van der Waals surface area contributed by atoms with Gasteiger partial charge in [0.1, 0.15) is 0 Å². The largest absolute Gasteiger partial charge is 0.347 e. The minimum Gasteiger partial charge on any atom is -0.347 e. The van der Waals surface area contributed by atoms with E-state index in [0.717, 1.165) is 30.5 Å². The lowest BCUT2D eigenvalue weighted by Gasteiger charge is -2.11. The Morgan fingerprint density at radius 3 is 2.59 bits per heavy atom. The highest BCUT2D eigenvalue weighted by Gasteiger charge is 2.45. The van der Waals surface area contributed by atoms with Crippen molar-refractivity contribution in [1.29, 1.82) is 0 Å². The molecule has 122 valence electrons. The van der Waals surface area contributed by atoms with Crippen molar-refractivity contribution < 1.29 is 4.79 Å². The van der Waals surface area contributed by atoms with Crippen LogP contribution in [0.5, 0.6) is 0 Å². The molecule has 0 spiro atoms. The predicted molar refractivity (Wildman–Crippen MR) is 96.1 cm³/mol. The van der Waals surface area contributed by atoms with Crippen molar-refractivity contribution in [3.63, 3.8) is 0 Å². The van der Waals surface area contributed by atoms with Gasteiger partial charge in [0.25, 0.3) is 0 Å². The van der Waals surface area contributed by atoms with Crippen LogP contribution in [0.15, 0.2) is 30.5 Å². The minimum atomic E-state index is -0.626. The molecule has 1 saturated carbocycles. The van der Waals surface area contributed by atoms with Crippen molar-refractivity contribution >= 4 is 47.3 Å². The highest BCUT2D eigenvalue weighted by Crippen LogP contribution is 2.33. The predicted octanol–water partition coefficient (Wildman–Crippen LogP) is 3.57. The van der Waals surface area contributed by atoms with Crippen LogP contribution in [0.4, 0.5) is 5.69 Å². The topological polar surface area (TPSA) is 60.0 Å². The molecule has 0 atom stereocenters. The van der Waals surface area contributed by atoms with Crippen LogP contribution in [0.2, 0.25) is 0 Å². The second-order valence-electron chi connectivity index (χ2n) is 6.25. The molecule has 1 aromatic carbocycles. The van der Waals surface area contributed by atoms with Crippen LogP contribution in [-0.2, 0) is 11.3 Å². The summed E-state index contributed by atoms with van der Waals surface area (Å²) >= 11 is 0. The Morgan fingerprint density at radius 2 is 2.00 bits per heavy atom. The number of carbonyl (C=O) groups excluding carboxylic acids is 1. The lowest BCUT2D eigenvalue weighted by Crippen LogP contribution is -2.37. The third-order valence-corrected chi connectivity index (χ3v) is 3.83. The zero-order valence-electron chi connectivity index (χ0n) is 12.8. The molecule has 0 aliphatic heterocycles. The van der Waals surface area contributed by atoms with Crippen molar-refractivity contribution in [2.45, 2.75) is 38.8 Å². The molecule has 1 aliphatic rings. The molecule has 6 heteroatoms. The number of anilines is 1. The first-order chi connectivity index (χ1) is 9.48. The smallest absolute Gasteiger partial charge is 0.244 e. The fourth-order valence-electron chi connectivity index (χ4n) is 2.45. The highest BCUT2D eigenvalue weighted by atomic mass is 35.5. The van der Waals surface area contributed by atoms with E-state index in [9.17, 15) is 4.79 Å². The van der Waals surface area contributed by atoms with Gasteiger partial charge in [0, 0.05) is 29.3 Å². The van der Waals surface area contributed by atoms with E-state index in [4.69, 9.17) is 5.73 Å². The summed E-state index contributed by atoms with van der Waals surface area (Å²) in [6.07, 6.45) is 3.67. The summed E-state index contributed by atoms with van der Waals surface area (Å²) in [5.74, 6) is 0.537. The molecule has 0 saturated heterocycles. The van der Waals surface area contributed by atoms with Crippen LogP contribution in [-0.4, -0.2) is 16.0 Å². The maximum atomic E-state index is 11.9. The molecule has 0 radical (unpaired) electrons. The molecule has 1 heterocycles. The molecule has 2 aromatic rings. The molecule has 1 amide bonds. The number of nitrogens with two attached hydrogens (primary N) is 1. The average molecular weight is 344 g/mol. The molecule has 4 nitrogen and oxygen atoms in total. The van der Waals surface area contributed by atoms with Crippen molar-refractivity contribution in [3.8, 4) is 0 Å². The van der Waals surface area contributed by atoms with Gasteiger partial charge in [-0.05, 0) is 43.0 Å². The second kappa shape index (κ2) is 6.90. The molecule has 1 aromatic heterocycles. The number of rotatable bonds is 4. The monoisotopic (exact) mass is 343 g/mol. The molecular formula is C16H23Cl2N3O.